The van der Waals surface area contributed by atoms with Crippen LogP contribution in [0.3, 0.4) is 0 Å². The second-order valence-electron chi connectivity index (χ2n) is 5.46. The predicted molar refractivity (Wildman–Crippen MR) is 97.3 cm³/mol. The van der Waals surface area contributed by atoms with E-state index in [2.05, 4.69) is 0 Å². The first-order valence-corrected chi connectivity index (χ1v) is 7.91. The molecule has 0 aliphatic rings. The first-order chi connectivity index (χ1) is 12.0. The van der Waals surface area contributed by atoms with Crippen LogP contribution in [0.1, 0.15) is 5.56 Å². The monoisotopic (exact) mass is 360 g/mol. The molecule has 0 aliphatic heterocycles. The molecule has 0 bridgehead atoms. The number of rotatable bonds is 4. The Morgan fingerprint density at radius 1 is 0.960 bits per heavy atom. The van der Waals surface area contributed by atoms with Crippen LogP contribution in [0.15, 0.2) is 39.5 Å². The lowest BCUT2D eigenvalue weighted by atomic mass is 10.1. The highest BCUT2D eigenvalue weighted by molar-refractivity contribution is 6.32. The predicted octanol–water partition coefficient (Wildman–Crippen LogP) is 4.45. The van der Waals surface area contributed by atoms with Crippen molar-refractivity contribution >= 4 is 22.6 Å². The molecule has 130 valence electrons. The van der Waals surface area contributed by atoms with Gasteiger partial charge in [-0.05, 0) is 42.8 Å². The van der Waals surface area contributed by atoms with E-state index >= 15 is 0 Å². The van der Waals surface area contributed by atoms with Crippen LogP contribution in [-0.2, 0) is 0 Å². The highest BCUT2D eigenvalue weighted by Gasteiger charge is 2.19. The molecular formula is C19H17ClO5. The van der Waals surface area contributed by atoms with Crippen molar-refractivity contribution in [1.29, 1.82) is 0 Å². The lowest BCUT2D eigenvalue weighted by Crippen LogP contribution is -2.08. The van der Waals surface area contributed by atoms with E-state index in [4.69, 9.17) is 30.2 Å². The molecule has 0 spiro atoms. The molecule has 0 aliphatic carbocycles. The topological polar surface area (TPSA) is 57.9 Å². The van der Waals surface area contributed by atoms with Crippen LogP contribution in [0.25, 0.3) is 22.3 Å². The quantitative estimate of drug-likeness (QED) is 0.688. The highest BCUT2D eigenvalue weighted by Crippen LogP contribution is 2.37. The number of aryl methyl sites for hydroxylation is 1. The summed E-state index contributed by atoms with van der Waals surface area (Å²) in [5.74, 6) is 1.54. The number of methoxy groups -OCH3 is 3. The van der Waals surface area contributed by atoms with Gasteiger partial charge in [-0.1, -0.05) is 11.6 Å². The van der Waals surface area contributed by atoms with E-state index in [1.807, 2.05) is 6.92 Å². The molecule has 25 heavy (non-hydrogen) atoms. The molecule has 6 heteroatoms. The molecule has 1 aromatic heterocycles. The van der Waals surface area contributed by atoms with Crippen LogP contribution in [0.4, 0.5) is 0 Å². The molecule has 0 fully saturated rings. The van der Waals surface area contributed by atoms with Crippen LogP contribution >= 0.6 is 11.6 Å². The van der Waals surface area contributed by atoms with Crippen LogP contribution in [0, 0.1) is 6.92 Å². The molecule has 5 nitrogen and oxygen atoms in total. The number of halogens is 1. The van der Waals surface area contributed by atoms with Crippen molar-refractivity contribution in [1.82, 2.24) is 0 Å². The van der Waals surface area contributed by atoms with Gasteiger partial charge in [0.1, 0.15) is 5.58 Å². The molecular weight excluding hydrogens is 344 g/mol. The third-order valence-corrected chi connectivity index (χ3v) is 4.39. The Bertz CT molecular complexity index is 1010. The van der Waals surface area contributed by atoms with E-state index < -0.39 is 0 Å². The smallest absolute Gasteiger partial charge is 0.235 e. The van der Waals surface area contributed by atoms with Gasteiger partial charge < -0.3 is 18.6 Å². The van der Waals surface area contributed by atoms with E-state index in [0.29, 0.717) is 38.8 Å². The Hall–Kier alpha value is -2.66. The fourth-order valence-electron chi connectivity index (χ4n) is 2.65. The maximum absolute atomic E-state index is 12.8. The van der Waals surface area contributed by atoms with Gasteiger partial charge in [-0.15, -0.1) is 0 Å². The van der Waals surface area contributed by atoms with E-state index in [1.165, 1.54) is 7.11 Å². The second kappa shape index (κ2) is 6.69. The molecule has 0 amide bonds. The van der Waals surface area contributed by atoms with Crippen molar-refractivity contribution in [2.24, 2.45) is 0 Å². The third kappa shape index (κ3) is 2.91. The zero-order valence-electron chi connectivity index (χ0n) is 14.3. The summed E-state index contributed by atoms with van der Waals surface area (Å²) >= 11 is 6.13. The van der Waals surface area contributed by atoms with Gasteiger partial charge in [0.15, 0.2) is 17.3 Å². The average Bonchev–Trinajstić information content (AvgIpc) is 2.62. The molecule has 0 saturated carbocycles. The molecule has 3 rings (SSSR count). The molecule has 0 atom stereocenters. The minimum absolute atomic E-state index is 0.111. The normalized spacial score (nSPS) is 10.8. The Balaban J connectivity index is 2.32. The van der Waals surface area contributed by atoms with Gasteiger partial charge in [-0.25, -0.2) is 0 Å². The van der Waals surface area contributed by atoms with Crippen molar-refractivity contribution in [2.75, 3.05) is 21.3 Å². The summed E-state index contributed by atoms with van der Waals surface area (Å²) in [4.78, 5) is 12.8. The molecule has 0 N–H and O–H groups in total. The Labute approximate surface area is 149 Å². The summed E-state index contributed by atoms with van der Waals surface area (Å²) in [6.45, 7) is 1.85. The first kappa shape index (κ1) is 17.2. The van der Waals surface area contributed by atoms with Crippen LogP contribution in [-0.4, -0.2) is 21.3 Å². The summed E-state index contributed by atoms with van der Waals surface area (Å²) in [5.41, 5.74) is 1.62. The number of hydrogen-bond acceptors (Lipinski definition) is 5. The fraction of sp³-hybridized carbons (Fsp3) is 0.211. The summed E-state index contributed by atoms with van der Waals surface area (Å²) in [6.07, 6.45) is 0. The minimum atomic E-state index is -0.282. The molecule has 3 aromatic rings. The number of ether oxygens (including phenoxy) is 3. The van der Waals surface area contributed by atoms with Crippen molar-refractivity contribution in [3.8, 4) is 28.6 Å². The SMILES string of the molecule is COc1ccc(-c2oc3cc(C)c(Cl)cc3c(=O)c2OC)cc1OC. The van der Waals surface area contributed by atoms with Gasteiger partial charge in [0, 0.05) is 10.6 Å². The average molecular weight is 361 g/mol. The summed E-state index contributed by atoms with van der Waals surface area (Å²) in [5, 5.41) is 0.873. The summed E-state index contributed by atoms with van der Waals surface area (Å²) in [6, 6.07) is 8.58. The maximum Gasteiger partial charge on any atom is 0.235 e. The minimum Gasteiger partial charge on any atom is -0.493 e. The number of hydrogen-bond donors (Lipinski definition) is 0. The van der Waals surface area contributed by atoms with Crippen molar-refractivity contribution in [2.45, 2.75) is 6.92 Å². The van der Waals surface area contributed by atoms with E-state index in [-0.39, 0.29) is 11.2 Å². The van der Waals surface area contributed by atoms with Crippen LogP contribution in [0.2, 0.25) is 5.02 Å². The van der Waals surface area contributed by atoms with Gasteiger partial charge >= 0.3 is 0 Å². The van der Waals surface area contributed by atoms with E-state index in [1.54, 1.807) is 44.6 Å². The van der Waals surface area contributed by atoms with Gasteiger partial charge in [-0.2, -0.15) is 0 Å². The first-order valence-electron chi connectivity index (χ1n) is 7.53. The van der Waals surface area contributed by atoms with E-state index in [0.717, 1.165) is 5.56 Å². The molecule has 0 radical (unpaired) electrons. The molecule has 2 aromatic carbocycles. The second-order valence-corrected chi connectivity index (χ2v) is 5.87. The van der Waals surface area contributed by atoms with Crippen molar-refractivity contribution < 1.29 is 18.6 Å². The summed E-state index contributed by atoms with van der Waals surface area (Å²) in [7, 11) is 4.53. The zero-order valence-corrected chi connectivity index (χ0v) is 15.1. The number of benzene rings is 2. The van der Waals surface area contributed by atoms with Crippen molar-refractivity contribution in [3.63, 3.8) is 0 Å². The summed E-state index contributed by atoms with van der Waals surface area (Å²) < 4.78 is 21.9. The lowest BCUT2D eigenvalue weighted by Gasteiger charge is -2.12. The largest absolute Gasteiger partial charge is 0.493 e. The van der Waals surface area contributed by atoms with E-state index in [9.17, 15) is 4.79 Å². The number of fused-ring (bicyclic) bond motifs is 1. The van der Waals surface area contributed by atoms with Gasteiger partial charge in [0.2, 0.25) is 11.2 Å². The standard InChI is InChI=1S/C19H17ClO5/c1-10-7-15-12(9-13(10)20)17(21)19(24-4)18(25-15)11-5-6-14(22-2)16(8-11)23-3/h5-9H,1-4H3. The van der Waals surface area contributed by atoms with Crippen molar-refractivity contribution in [3.05, 3.63) is 51.1 Å². The zero-order chi connectivity index (χ0) is 18.1. The van der Waals surface area contributed by atoms with Gasteiger partial charge in [-0.3, -0.25) is 4.79 Å². The Morgan fingerprint density at radius 3 is 2.32 bits per heavy atom. The molecule has 0 unspecified atom stereocenters. The van der Waals surface area contributed by atoms with Crippen LogP contribution < -0.4 is 19.6 Å². The van der Waals surface area contributed by atoms with Crippen LogP contribution in [0.5, 0.6) is 17.2 Å². The molecule has 1 heterocycles. The third-order valence-electron chi connectivity index (χ3n) is 3.98. The van der Waals surface area contributed by atoms with Gasteiger partial charge in [0.05, 0.1) is 26.7 Å². The fourth-order valence-corrected chi connectivity index (χ4v) is 2.82. The lowest BCUT2D eigenvalue weighted by molar-refractivity contribution is 0.355. The molecule has 0 saturated heterocycles. The highest BCUT2D eigenvalue weighted by atomic mass is 35.5. The Kier molecular flexibility index (Phi) is 4.59. The van der Waals surface area contributed by atoms with Gasteiger partial charge in [0.25, 0.3) is 0 Å². The Morgan fingerprint density at radius 2 is 1.68 bits per heavy atom. The maximum atomic E-state index is 12.8.